The van der Waals surface area contributed by atoms with Crippen LogP contribution in [0.15, 0.2) is 12.2 Å². The molecule has 0 atom stereocenters. The Morgan fingerprint density at radius 1 is 1.80 bits per heavy atom. The van der Waals surface area contributed by atoms with E-state index in [4.69, 9.17) is 0 Å². The van der Waals surface area contributed by atoms with Crippen LogP contribution >= 0.6 is 0 Å². The molecule has 0 radical (unpaired) electrons. The van der Waals surface area contributed by atoms with Crippen molar-refractivity contribution in [2.24, 2.45) is 0 Å². The zero-order valence-electron chi connectivity index (χ0n) is 3.18. The van der Waals surface area contributed by atoms with E-state index >= 15 is 0 Å². The molecule has 0 heterocycles. The zero-order chi connectivity index (χ0) is 4.12. The molecule has 0 nitrogen and oxygen atoms in total. The van der Waals surface area contributed by atoms with Gasteiger partial charge in [-0.25, -0.2) is 0 Å². The average Bonchev–Trinajstić information content (AvgIpc) is 1.41. The van der Waals surface area contributed by atoms with E-state index in [2.05, 4.69) is 25.3 Å². The fourth-order valence-corrected chi connectivity index (χ4v) is 0.441. The molecule has 0 aliphatic rings. The summed E-state index contributed by atoms with van der Waals surface area (Å²) in [6.45, 7) is 2.01. The third-order valence-corrected chi connectivity index (χ3v) is 0.677. The van der Waals surface area contributed by atoms with Crippen molar-refractivity contribution in [2.45, 2.75) is 11.8 Å². The SMILES string of the molecule is C/C=C/[CH2][Pd]. The van der Waals surface area contributed by atoms with Crippen LogP contribution in [-0.2, 0) is 19.2 Å². The van der Waals surface area contributed by atoms with Crippen LogP contribution in [0.2, 0.25) is 4.89 Å². The van der Waals surface area contributed by atoms with E-state index in [1.165, 1.54) is 0 Å². The van der Waals surface area contributed by atoms with Gasteiger partial charge in [-0.05, 0) is 0 Å². The first-order chi connectivity index (χ1) is 2.41. The van der Waals surface area contributed by atoms with Crippen LogP contribution in [0.4, 0.5) is 0 Å². The van der Waals surface area contributed by atoms with Crippen LogP contribution in [0, 0.1) is 0 Å². The van der Waals surface area contributed by atoms with Crippen molar-refractivity contribution >= 4 is 0 Å². The summed E-state index contributed by atoms with van der Waals surface area (Å²) < 4.78 is 0. The van der Waals surface area contributed by atoms with Crippen LogP contribution in [-0.4, -0.2) is 0 Å². The minimum absolute atomic E-state index is 1.01. The molecule has 0 saturated heterocycles. The molecule has 5 heavy (non-hydrogen) atoms. The second-order valence-corrected chi connectivity index (χ2v) is 1.33. The van der Waals surface area contributed by atoms with Gasteiger partial charge in [-0.2, -0.15) is 0 Å². The maximum absolute atomic E-state index is 3.00. The first kappa shape index (κ1) is 5.40. The molecule has 1 heteroatoms. The summed E-state index contributed by atoms with van der Waals surface area (Å²) in [5.41, 5.74) is 0. The molecule has 0 unspecified atom stereocenters. The number of hydrogen-bond acceptors (Lipinski definition) is 0. The van der Waals surface area contributed by atoms with Gasteiger partial charge in [-0.15, -0.1) is 0 Å². The van der Waals surface area contributed by atoms with E-state index in [0.29, 0.717) is 0 Å². The van der Waals surface area contributed by atoms with Gasteiger partial charge < -0.3 is 0 Å². The molecular formula is C4H7Pd. The molecule has 0 amide bonds. The molecule has 0 aliphatic carbocycles. The molecule has 0 fully saturated rings. The molecule has 0 aromatic carbocycles. The molecule has 0 rings (SSSR count). The standard InChI is InChI=1S/C4H7.Pd/c1-3-4-2;/h3-4H,1H2,2H3;/b4-3+;. The molecule has 0 bridgehead atoms. The third-order valence-electron chi connectivity index (χ3n) is 0.310. The van der Waals surface area contributed by atoms with Crippen molar-refractivity contribution in [1.82, 2.24) is 0 Å². The summed E-state index contributed by atoms with van der Waals surface area (Å²) in [5.74, 6) is 0. The van der Waals surface area contributed by atoms with Crippen LogP contribution in [0.3, 0.4) is 0 Å². The number of rotatable bonds is 1. The van der Waals surface area contributed by atoms with Gasteiger partial charge >= 0.3 is 43.2 Å². The van der Waals surface area contributed by atoms with Crippen molar-refractivity contribution in [1.29, 1.82) is 0 Å². The Bertz CT molecular complexity index is 30.6. The summed E-state index contributed by atoms with van der Waals surface area (Å²) in [7, 11) is 0. The van der Waals surface area contributed by atoms with E-state index in [1.807, 2.05) is 13.0 Å². The second kappa shape index (κ2) is 4.40. The van der Waals surface area contributed by atoms with Crippen molar-refractivity contribution in [2.75, 3.05) is 0 Å². The van der Waals surface area contributed by atoms with Gasteiger partial charge in [0, 0.05) is 0 Å². The molecule has 0 aromatic rings. The quantitative estimate of drug-likeness (QED) is 0.404. The van der Waals surface area contributed by atoms with Crippen LogP contribution in [0.1, 0.15) is 6.92 Å². The van der Waals surface area contributed by atoms with Crippen molar-refractivity contribution in [3.05, 3.63) is 12.2 Å². The summed E-state index contributed by atoms with van der Waals surface area (Å²) in [5, 5.41) is 0. The molecule has 0 saturated carbocycles. The predicted octanol–water partition coefficient (Wildman–Crippen LogP) is 1.53. The van der Waals surface area contributed by atoms with Gasteiger partial charge in [0.05, 0.1) is 0 Å². The van der Waals surface area contributed by atoms with E-state index in [0.717, 1.165) is 4.89 Å². The molecule has 0 spiro atoms. The monoisotopic (exact) mass is 161 g/mol. The van der Waals surface area contributed by atoms with Crippen LogP contribution in [0.5, 0.6) is 0 Å². The Morgan fingerprint density at radius 2 is 2.40 bits per heavy atom. The van der Waals surface area contributed by atoms with Crippen LogP contribution in [0.25, 0.3) is 0 Å². The molecule has 0 aliphatic heterocycles. The first-order valence-electron chi connectivity index (χ1n) is 1.54. The number of allylic oxidation sites excluding steroid dienone is 2. The van der Waals surface area contributed by atoms with Gasteiger partial charge in [0.25, 0.3) is 0 Å². The molecule has 33 valence electrons. The third kappa shape index (κ3) is 4.40. The van der Waals surface area contributed by atoms with E-state index < -0.39 is 0 Å². The van der Waals surface area contributed by atoms with Gasteiger partial charge in [-0.1, -0.05) is 0 Å². The minimum atomic E-state index is 1.01. The molecule has 0 aromatic heterocycles. The Hall–Kier alpha value is 0.402. The second-order valence-electron chi connectivity index (χ2n) is 0.698. The normalized spacial score (nSPS) is 10.2. The zero-order valence-corrected chi connectivity index (χ0v) is 4.73. The summed E-state index contributed by atoms with van der Waals surface area (Å²) in [4.78, 5) is 1.01. The summed E-state index contributed by atoms with van der Waals surface area (Å²) >= 11 is 3.00. The maximum atomic E-state index is 3.00. The topological polar surface area (TPSA) is 0 Å². The number of hydrogen-bond donors (Lipinski definition) is 0. The van der Waals surface area contributed by atoms with Gasteiger partial charge in [0.2, 0.25) is 0 Å². The fraction of sp³-hybridized carbons (Fsp3) is 0.500. The van der Waals surface area contributed by atoms with E-state index in [1.54, 1.807) is 0 Å². The van der Waals surface area contributed by atoms with Crippen molar-refractivity contribution < 1.29 is 19.2 Å². The first-order valence-corrected chi connectivity index (χ1v) is 2.64. The molecule has 0 N–H and O–H groups in total. The van der Waals surface area contributed by atoms with Crippen molar-refractivity contribution in [3.8, 4) is 0 Å². The van der Waals surface area contributed by atoms with Gasteiger partial charge in [-0.3, -0.25) is 0 Å². The Balaban J connectivity index is 2.62. The van der Waals surface area contributed by atoms with Gasteiger partial charge in [0.15, 0.2) is 0 Å². The Labute approximate surface area is 43.7 Å². The fourth-order valence-electron chi connectivity index (χ4n) is 0.0745. The average molecular weight is 162 g/mol. The summed E-state index contributed by atoms with van der Waals surface area (Å²) in [6, 6.07) is 0. The van der Waals surface area contributed by atoms with Crippen LogP contribution < -0.4 is 0 Å². The summed E-state index contributed by atoms with van der Waals surface area (Å²) in [6.07, 6.45) is 4.08. The van der Waals surface area contributed by atoms with E-state index in [-0.39, 0.29) is 0 Å². The van der Waals surface area contributed by atoms with E-state index in [9.17, 15) is 0 Å². The predicted molar refractivity (Wildman–Crippen MR) is 19.6 cm³/mol. The molecular weight excluding hydrogens is 154 g/mol. The van der Waals surface area contributed by atoms with Gasteiger partial charge in [0.1, 0.15) is 0 Å². The Kier molecular flexibility index (Phi) is 4.76. The Morgan fingerprint density at radius 3 is 2.40 bits per heavy atom. The van der Waals surface area contributed by atoms with Crippen molar-refractivity contribution in [3.63, 3.8) is 0 Å².